The van der Waals surface area contributed by atoms with Gasteiger partial charge in [0.15, 0.2) is 0 Å². The molecular weight excluding hydrogens is 344 g/mol. The summed E-state index contributed by atoms with van der Waals surface area (Å²) < 4.78 is 2.01. The number of nitrogens with two attached hydrogens (primary N) is 1. The smallest absolute Gasteiger partial charge is 0.223 e. The Kier molecular flexibility index (Phi) is 4.83. The van der Waals surface area contributed by atoms with Crippen LogP contribution in [-0.2, 0) is 24.4 Å². The fraction of sp³-hybridized carbons (Fsp3) is 0.556. The van der Waals surface area contributed by atoms with E-state index in [1.165, 1.54) is 0 Å². The van der Waals surface area contributed by atoms with Crippen LogP contribution in [0.15, 0.2) is 12.1 Å². The lowest BCUT2D eigenvalue weighted by atomic mass is 10.1. The number of carbonyl (C=O) groups excluding carboxylic acids is 1. The third-order valence-electron chi connectivity index (χ3n) is 5.33. The molecule has 144 valence electrons. The van der Waals surface area contributed by atoms with E-state index >= 15 is 0 Å². The van der Waals surface area contributed by atoms with Gasteiger partial charge in [0, 0.05) is 25.6 Å². The van der Waals surface area contributed by atoms with Crippen molar-refractivity contribution in [2.75, 3.05) is 29.5 Å². The first-order chi connectivity index (χ1) is 13.1. The van der Waals surface area contributed by atoms with E-state index in [0.29, 0.717) is 18.9 Å². The van der Waals surface area contributed by atoms with Crippen LogP contribution in [0.25, 0.3) is 0 Å². The van der Waals surface area contributed by atoms with E-state index in [0.717, 1.165) is 56.0 Å². The molecule has 2 aromatic heterocycles. The molecule has 1 aliphatic carbocycles. The maximum Gasteiger partial charge on any atom is 0.223 e. The molecular formula is C18H26N8O. The predicted molar refractivity (Wildman–Crippen MR) is 103 cm³/mol. The lowest BCUT2D eigenvalue weighted by molar-refractivity contribution is -0.124. The molecule has 0 unspecified atom stereocenters. The first-order valence-corrected chi connectivity index (χ1v) is 9.53. The van der Waals surface area contributed by atoms with Gasteiger partial charge in [-0.1, -0.05) is 12.8 Å². The minimum absolute atomic E-state index is 0.163. The standard InChI is InChI=1S/C18H26N8O/c1-20-15-9-16(23-18(19)22-15)25-6-7-26-14(11-25)8-13(24-26)10-21-17(27)12-4-2-3-5-12/h8-9,12H,2-7,10-11H2,1H3,(H,21,27)(H3,19,20,22,23). The van der Waals surface area contributed by atoms with Crippen molar-refractivity contribution < 1.29 is 4.79 Å². The van der Waals surface area contributed by atoms with Crippen LogP contribution in [-0.4, -0.2) is 39.2 Å². The zero-order valence-corrected chi connectivity index (χ0v) is 15.6. The molecule has 4 N–H and O–H groups in total. The highest BCUT2D eigenvalue weighted by molar-refractivity contribution is 5.78. The fourth-order valence-corrected chi connectivity index (χ4v) is 3.86. The van der Waals surface area contributed by atoms with Crippen molar-refractivity contribution in [3.63, 3.8) is 0 Å². The van der Waals surface area contributed by atoms with Crippen molar-refractivity contribution in [2.45, 2.75) is 45.3 Å². The Hall–Kier alpha value is -2.84. The van der Waals surface area contributed by atoms with Crippen LogP contribution >= 0.6 is 0 Å². The quantitative estimate of drug-likeness (QED) is 0.723. The van der Waals surface area contributed by atoms with E-state index in [2.05, 4.69) is 36.7 Å². The zero-order valence-electron chi connectivity index (χ0n) is 15.6. The van der Waals surface area contributed by atoms with Crippen molar-refractivity contribution in [3.8, 4) is 0 Å². The summed E-state index contributed by atoms with van der Waals surface area (Å²) in [6.45, 7) is 2.75. The van der Waals surface area contributed by atoms with Crippen molar-refractivity contribution in [1.82, 2.24) is 25.1 Å². The Balaban J connectivity index is 1.41. The van der Waals surface area contributed by atoms with Crippen LogP contribution in [0.2, 0.25) is 0 Å². The van der Waals surface area contributed by atoms with Crippen LogP contribution in [0, 0.1) is 5.92 Å². The number of hydrogen-bond donors (Lipinski definition) is 3. The normalized spacial score (nSPS) is 17.0. The summed E-state index contributed by atoms with van der Waals surface area (Å²) in [5, 5.41) is 10.7. The largest absolute Gasteiger partial charge is 0.373 e. The molecule has 1 fully saturated rings. The van der Waals surface area contributed by atoms with Crippen LogP contribution in [0.5, 0.6) is 0 Å². The summed E-state index contributed by atoms with van der Waals surface area (Å²) in [6, 6.07) is 3.95. The van der Waals surface area contributed by atoms with Crippen molar-refractivity contribution >= 4 is 23.5 Å². The maximum atomic E-state index is 12.2. The molecule has 0 aromatic carbocycles. The van der Waals surface area contributed by atoms with Gasteiger partial charge in [-0.25, -0.2) is 0 Å². The minimum Gasteiger partial charge on any atom is -0.373 e. The number of nitrogens with zero attached hydrogens (tertiary/aromatic N) is 5. The van der Waals surface area contributed by atoms with Gasteiger partial charge in [0.2, 0.25) is 11.9 Å². The number of nitrogen functional groups attached to an aromatic ring is 1. The second kappa shape index (κ2) is 7.42. The molecule has 27 heavy (non-hydrogen) atoms. The Labute approximate surface area is 158 Å². The lowest BCUT2D eigenvalue weighted by Crippen LogP contribution is -2.34. The summed E-state index contributed by atoms with van der Waals surface area (Å²) in [5.41, 5.74) is 7.82. The monoisotopic (exact) mass is 370 g/mol. The number of fused-ring (bicyclic) bond motifs is 1. The predicted octanol–water partition coefficient (Wildman–Crippen LogP) is 1.12. The highest BCUT2D eigenvalue weighted by Crippen LogP contribution is 2.25. The lowest BCUT2D eigenvalue weighted by Gasteiger charge is -2.28. The summed E-state index contributed by atoms with van der Waals surface area (Å²) in [6.07, 6.45) is 4.35. The molecule has 1 aliphatic heterocycles. The van der Waals surface area contributed by atoms with Gasteiger partial charge in [0.05, 0.1) is 31.0 Å². The number of nitrogens with one attached hydrogen (secondary N) is 2. The van der Waals surface area contributed by atoms with Crippen LogP contribution < -0.4 is 21.3 Å². The van der Waals surface area contributed by atoms with Crippen molar-refractivity contribution in [2.24, 2.45) is 5.92 Å². The summed E-state index contributed by atoms with van der Waals surface area (Å²) in [5.74, 6) is 2.10. The molecule has 0 atom stereocenters. The molecule has 2 aromatic rings. The van der Waals surface area contributed by atoms with Gasteiger partial charge in [-0.2, -0.15) is 15.1 Å². The van der Waals surface area contributed by atoms with E-state index in [4.69, 9.17) is 5.73 Å². The number of rotatable bonds is 5. The number of aromatic nitrogens is 4. The van der Waals surface area contributed by atoms with Gasteiger partial charge in [0.25, 0.3) is 0 Å². The van der Waals surface area contributed by atoms with E-state index < -0.39 is 0 Å². The topological polar surface area (TPSA) is 114 Å². The third-order valence-corrected chi connectivity index (χ3v) is 5.33. The first kappa shape index (κ1) is 17.6. The maximum absolute atomic E-state index is 12.2. The van der Waals surface area contributed by atoms with E-state index in [9.17, 15) is 4.79 Å². The number of amides is 1. The molecule has 1 saturated carbocycles. The Morgan fingerprint density at radius 2 is 2.07 bits per heavy atom. The SMILES string of the molecule is CNc1cc(N2CCn3nc(CNC(=O)C4CCCC4)cc3C2)nc(N)n1. The molecule has 1 amide bonds. The average Bonchev–Trinajstić information content (AvgIpc) is 3.34. The average molecular weight is 370 g/mol. The summed E-state index contributed by atoms with van der Waals surface area (Å²) in [4.78, 5) is 22.9. The van der Waals surface area contributed by atoms with E-state index in [1.54, 1.807) is 0 Å². The molecule has 4 rings (SSSR count). The molecule has 0 saturated heterocycles. The van der Waals surface area contributed by atoms with Gasteiger partial charge in [-0.3, -0.25) is 9.48 Å². The Morgan fingerprint density at radius 3 is 2.85 bits per heavy atom. The Bertz CT molecular complexity index is 827. The third kappa shape index (κ3) is 3.81. The number of anilines is 3. The second-order valence-corrected chi connectivity index (χ2v) is 7.19. The molecule has 0 radical (unpaired) electrons. The fourth-order valence-electron chi connectivity index (χ4n) is 3.86. The highest BCUT2D eigenvalue weighted by Gasteiger charge is 2.24. The number of hydrogen-bond acceptors (Lipinski definition) is 7. The van der Waals surface area contributed by atoms with Gasteiger partial charge >= 0.3 is 0 Å². The van der Waals surface area contributed by atoms with Gasteiger partial charge in [0.1, 0.15) is 11.6 Å². The summed E-state index contributed by atoms with van der Waals surface area (Å²) >= 11 is 0. The molecule has 0 bridgehead atoms. The molecule has 3 heterocycles. The Morgan fingerprint density at radius 1 is 1.26 bits per heavy atom. The van der Waals surface area contributed by atoms with E-state index in [1.807, 2.05) is 17.8 Å². The minimum atomic E-state index is 0.163. The van der Waals surface area contributed by atoms with Crippen LogP contribution in [0.3, 0.4) is 0 Å². The first-order valence-electron chi connectivity index (χ1n) is 9.53. The second-order valence-electron chi connectivity index (χ2n) is 7.19. The van der Waals surface area contributed by atoms with Gasteiger partial charge in [-0.05, 0) is 18.9 Å². The molecule has 9 nitrogen and oxygen atoms in total. The molecule has 2 aliphatic rings. The van der Waals surface area contributed by atoms with Crippen LogP contribution in [0.4, 0.5) is 17.6 Å². The summed E-state index contributed by atoms with van der Waals surface area (Å²) in [7, 11) is 1.81. The molecule has 0 spiro atoms. The van der Waals surface area contributed by atoms with Crippen LogP contribution in [0.1, 0.15) is 37.1 Å². The van der Waals surface area contributed by atoms with Crippen molar-refractivity contribution in [3.05, 3.63) is 23.5 Å². The van der Waals surface area contributed by atoms with E-state index in [-0.39, 0.29) is 17.8 Å². The zero-order chi connectivity index (χ0) is 18.8. The van der Waals surface area contributed by atoms with Gasteiger partial charge < -0.3 is 21.3 Å². The molecule has 9 heteroatoms. The van der Waals surface area contributed by atoms with Crippen molar-refractivity contribution in [1.29, 1.82) is 0 Å². The number of carbonyl (C=O) groups is 1. The highest BCUT2D eigenvalue weighted by atomic mass is 16.1. The van der Waals surface area contributed by atoms with Gasteiger partial charge in [-0.15, -0.1) is 0 Å².